The van der Waals surface area contributed by atoms with E-state index in [1.54, 1.807) is 0 Å². The topological polar surface area (TPSA) is 44.8 Å². The summed E-state index contributed by atoms with van der Waals surface area (Å²) in [6, 6.07) is 2.56. The van der Waals surface area contributed by atoms with Gasteiger partial charge in [-0.1, -0.05) is 0 Å². The molecule has 1 aromatic heterocycles. The van der Waals surface area contributed by atoms with E-state index in [0.717, 1.165) is 52.4 Å². The number of hydrogen-bond acceptors (Lipinski definition) is 5. The van der Waals surface area contributed by atoms with Gasteiger partial charge in [0.1, 0.15) is 0 Å². The lowest BCUT2D eigenvalue weighted by Gasteiger charge is -2.32. The number of ether oxygens (including phenoxy) is 1. The maximum absolute atomic E-state index is 12.2. The number of rotatable bonds is 5. The number of fused-ring (bicyclic) bond motifs is 1. The molecule has 0 unspecified atom stereocenters. The molecule has 5 nitrogen and oxygen atoms in total. The number of amides is 1. The van der Waals surface area contributed by atoms with E-state index in [9.17, 15) is 4.79 Å². The molecule has 2 aliphatic heterocycles. The Hall–Kier alpha value is -0.950. The predicted octanol–water partition coefficient (Wildman–Crippen LogP) is 0.943. The number of hydrogen-bond donors (Lipinski definition) is 1. The minimum Gasteiger partial charge on any atom is -0.379 e. The fourth-order valence-electron chi connectivity index (χ4n) is 3.11. The minimum atomic E-state index is 0.138. The number of nitrogens with zero attached hydrogens (tertiary/aromatic N) is 2. The Morgan fingerprint density at radius 3 is 3.05 bits per heavy atom. The van der Waals surface area contributed by atoms with Crippen LogP contribution in [-0.4, -0.2) is 67.7 Å². The van der Waals surface area contributed by atoms with E-state index in [0.29, 0.717) is 12.6 Å². The highest BCUT2D eigenvalue weighted by Crippen LogP contribution is 2.23. The molecule has 0 aromatic carbocycles. The lowest BCUT2D eigenvalue weighted by Crippen LogP contribution is -2.48. The highest BCUT2D eigenvalue weighted by atomic mass is 32.1. The molecular formula is C16H25N3O2S. The molecule has 1 fully saturated rings. The molecule has 0 aliphatic carbocycles. The summed E-state index contributed by atoms with van der Waals surface area (Å²) in [5.41, 5.74) is 1.39. The van der Waals surface area contributed by atoms with E-state index < -0.39 is 0 Å². The van der Waals surface area contributed by atoms with Crippen LogP contribution in [0.5, 0.6) is 0 Å². The number of carbonyl (C=O) groups is 1. The first-order chi connectivity index (χ1) is 10.7. The average molecular weight is 323 g/mol. The molecule has 1 aromatic rings. The molecule has 1 amide bonds. The molecule has 122 valence electrons. The Bertz CT molecular complexity index is 499. The maximum Gasteiger partial charge on any atom is 0.234 e. The third kappa shape index (κ3) is 4.07. The van der Waals surface area contributed by atoms with Crippen LogP contribution in [0.15, 0.2) is 11.4 Å². The normalized spacial score (nSPS) is 21.3. The molecule has 1 saturated heterocycles. The van der Waals surface area contributed by atoms with Gasteiger partial charge in [0.25, 0.3) is 0 Å². The van der Waals surface area contributed by atoms with Gasteiger partial charge in [-0.25, -0.2) is 0 Å². The van der Waals surface area contributed by atoms with Crippen molar-refractivity contribution >= 4 is 17.2 Å². The second-order valence-electron chi connectivity index (χ2n) is 6.13. The second-order valence-corrected chi connectivity index (χ2v) is 7.13. The van der Waals surface area contributed by atoms with Gasteiger partial charge in [0, 0.05) is 43.6 Å². The van der Waals surface area contributed by atoms with Gasteiger partial charge in [-0.15, -0.1) is 11.3 Å². The van der Waals surface area contributed by atoms with Crippen molar-refractivity contribution in [1.82, 2.24) is 15.1 Å². The summed E-state index contributed by atoms with van der Waals surface area (Å²) in [7, 11) is 0. The van der Waals surface area contributed by atoms with Crippen LogP contribution in [0, 0.1) is 0 Å². The third-order valence-electron chi connectivity index (χ3n) is 4.52. The number of thiophene rings is 1. The van der Waals surface area contributed by atoms with Crippen LogP contribution in [0.1, 0.15) is 17.4 Å². The van der Waals surface area contributed by atoms with Crippen molar-refractivity contribution in [3.05, 3.63) is 21.9 Å². The maximum atomic E-state index is 12.2. The molecule has 1 atom stereocenters. The van der Waals surface area contributed by atoms with E-state index >= 15 is 0 Å². The van der Waals surface area contributed by atoms with Crippen LogP contribution in [-0.2, 0) is 22.5 Å². The molecule has 0 saturated carbocycles. The molecule has 6 heteroatoms. The Balaban J connectivity index is 1.39. The average Bonchev–Trinajstić information content (AvgIpc) is 3.01. The van der Waals surface area contributed by atoms with Gasteiger partial charge in [0.2, 0.25) is 5.91 Å². The molecule has 0 radical (unpaired) electrons. The monoisotopic (exact) mass is 323 g/mol. The zero-order chi connectivity index (χ0) is 15.4. The van der Waals surface area contributed by atoms with Gasteiger partial charge in [-0.2, -0.15) is 0 Å². The van der Waals surface area contributed by atoms with Crippen molar-refractivity contribution in [3.8, 4) is 0 Å². The summed E-state index contributed by atoms with van der Waals surface area (Å²) >= 11 is 1.83. The molecule has 3 heterocycles. The third-order valence-corrected chi connectivity index (χ3v) is 5.54. The Kier molecular flexibility index (Phi) is 5.46. The fourth-order valence-corrected chi connectivity index (χ4v) is 4.00. The van der Waals surface area contributed by atoms with Gasteiger partial charge in [0.05, 0.1) is 19.8 Å². The quantitative estimate of drug-likeness (QED) is 0.876. The van der Waals surface area contributed by atoms with Crippen LogP contribution in [0.2, 0.25) is 0 Å². The van der Waals surface area contributed by atoms with Crippen molar-refractivity contribution in [2.75, 3.05) is 45.9 Å². The molecule has 1 N–H and O–H groups in total. The molecule has 22 heavy (non-hydrogen) atoms. The fraction of sp³-hybridized carbons (Fsp3) is 0.688. The van der Waals surface area contributed by atoms with Crippen LogP contribution in [0.25, 0.3) is 0 Å². The smallest absolute Gasteiger partial charge is 0.234 e. The SMILES string of the molecule is C[C@@H](CNC(=O)CN1CCc2sccc2C1)N1CCOCC1. The van der Waals surface area contributed by atoms with Gasteiger partial charge in [0.15, 0.2) is 0 Å². The van der Waals surface area contributed by atoms with Crippen molar-refractivity contribution in [3.63, 3.8) is 0 Å². The molecule has 3 rings (SSSR count). The molecule has 0 spiro atoms. The highest BCUT2D eigenvalue weighted by molar-refractivity contribution is 7.10. The van der Waals surface area contributed by atoms with E-state index in [-0.39, 0.29) is 5.91 Å². The van der Waals surface area contributed by atoms with Crippen LogP contribution in [0.3, 0.4) is 0 Å². The van der Waals surface area contributed by atoms with Crippen molar-refractivity contribution in [2.24, 2.45) is 0 Å². The largest absolute Gasteiger partial charge is 0.379 e. The Morgan fingerprint density at radius 2 is 2.23 bits per heavy atom. The zero-order valence-electron chi connectivity index (χ0n) is 13.2. The molecular weight excluding hydrogens is 298 g/mol. The van der Waals surface area contributed by atoms with Crippen molar-refractivity contribution in [2.45, 2.75) is 25.9 Å². The van der Waals surface area contributed by atoms with Crippen molar-refractivity contribution < 1.29 is 9.53 Å². The first-order valence-electron chi connectivity index (χ1n) is 8.08. The van der Waals surface area contributed by atoms with Crippen LogP contribution >= 0.6 is 11.3 Å². The van der Waals surface area contributed by atoms with E-state index in [2.05, 4.69) is 33.5 Å². The lowest BCUT2D eigenvalue weighted by atomic mass is 10.1. The summed E-state index contributed by atoms with van der Waals surface area (Å²) in [6.45, 7) is 8.81. The number of carbonyl (C=O) groups excluding carboxylic acids is 1. The molecule has 0 bridgehead atoms. The number of nitrogens with one attached hydrogen (secondary N) is 1. The standard InChI is InChI=1S/C16H25N3O2S/c1-13(19-5-7-21-8-6-19)10-17-16(20)12-18-4-2-15-14(11-18)3-9-22-15/h3,9,13H,2,4-8,10-12H2,1H3,(H,17,20)/t13-/m0/s1. The zero-order valence-corrected chi connectivity index (χ0v) is 14.0. The number of morpholine rings is 1. The summed E-state index contributed by atoms with van der Waals surface area (Å²) < 4.78 is 5.36. The summed E-state index contributed by atoms with van der Waals surface area (Å²) in [4.78, 5) is 18.3. The Morgan fingerprint density at radius 1 is 1.41 bits per heavy atom. The molecule has 2 aliphatic rings. The highest BCUT2D eigenvalue weighted by Gasteiger charge is 2.20. The van der Waals surface area contributed by atoms with E-state index in [1.165, 1.54) is 10.4 Å². The van der Waals surface area contributed by atoms with Crippen molar-refractivity contribution in [1.29, 1.82) is 0 Å². The van der Waals surface area contributed by atoms with Crippen LogP contribution < -0.4 is 5.32 Å². The first kappa shape index (κ1) is 15.9. The first-order valence-corrected chi connectivity index (χ1v) is 8.96. The summed E-state index contributed by atoms with van der Waals surface area (Å²) in [5.74, 6) is 0.138. The predicted molar refractivity (Wildman–Crippen MR) is 88.2 cm³/mol. The summed E-state index contributed by atoms with van der Waals surface area (Å²) in [5, 5.41) is 5.24. The Labute approximate surface area is 136 Å². The van der Waals surface area contributed by atoms with Gasteiger partial charge in [-0.3, -0.25) is 14.6 Å². The van der Waals surface area contributed by atoms with E-state index in [4.69, 9.17) is 4.74 Å². The second kappa shape index (κ2) is 7.55. The van der Waals surface area contributed by atoms with Gasteiger partial charge in [-0.05, 0) is 30.4 Å². The summed E-state index contributed by atoms with van der Waals surface area (Å²) in [6.07, 6.45) is 1.07. The lowest BCUT2D eigenvalue weighted by molar-refractivity contribution is -0.122. The van der Waals surface area contributed by atoms with Crippen LogP contribution in [0.4, 0.5) is 0 Å². The minimum absolute atomic E-state index is 0.138. The van der Waals surface area contributed by atoms with E-state index in [1.807, 2.05) is 11.3 Å². The van der Waals surface area contributed by atoms with Gasteiger partial charge >= 0.3 is 0 Å². The van der Waals surface area contributed by atoms with Gasteiger partial charge < -0.3 is 10.1 Å².